The van der Waals surface area contributed by atoms with Gasteiger partial charge >= 0.3 is 0 Å². The lowest BCUT2D eigenvalue weighted by Gasteiger charge is -2.32. The summed E-state index contributed by atoms with van der Waals surface area (Å²) in [5.74, 6) is 0.0845. The lowest BCUT2D eigenvalue weighted by atomic mass is 10.1. The Morgan fingerprint density at radius 2 is 2.20 bits per heavy atom. The molecule has 1 saturated heterocycles. The van der Waals surface area contributed by atoms with Gasteiger partial charge < -0.3 is 14.4 Å². The van der Waals surface area contributed by atoms with Gasteiger partial charge in [0, 0.05) is 26.3 Å². The minimum atomic E-state index is 0.0845. The predicted molar refractivity (Wildman–Crippen MR) is 57.7 cm³/mol. The molecule has 88 valence electrons. The van der Waals surface area contributed by atoms with E-state index in [2.05, 4.69) is 0 Å². The van der Waals surface area contributed by atoms with E-state index in [9.17, 15) is 4.79 Å². The summed E-state index contributed by atoms with van der Waals surface area (Å²) in [5.41, 5.74) is 0. The van der Waals surface area contributed by atoms with E-state index in [1.165, 1.54) is 0 Å². The fourth-order valence-corrected chi connectivity index (χ4v) is 1.82. The predicted octanol–water partition coefficient (Wildman–Crippen LogP) is 1.05. The Hall–Kier alpha value is -0.610. The number of nitrogens with zero attached hydrogens (tertiary/aromatic N) is 1. The molecular formula is C11H21NO3. The quantitative estimate of drug-likeness (QED) is 0.688. The molecular weight excluding hydrogens is 194 g/mol. The summed E-state index contributed by atoms with van der Waals surface area (Å²) in [7, 11) is 0. The zero-order chi connectivity index (χ0) is 11.1. The molecule has 1 atom stereocenters. The molecule has 0 spiro atoms. The highest BCUT2D eigenvalue weighted by atomic mass is 16.5. The van der Waals surface area contributed by atoms with Gasteiger partial charge in [0.1, 0.15) is 6.61 Å². The maximum Gasteiger partial charge on any atom is 0.248 e. The number of carbonyl (C=O) groups is 1. The van der Waals surface area contributed by atoms with E-state index >= 15 is 0 Å². The third-order valence-electron chi connectivity index (χ3n) is 2.56. The Labute approximate surface area is 91.5 Å². The molecule has 0 aromatic heterocycles. The van der Waals surface area contributed by atoms with Gasteiger partial charge in [-0.15, -0.1) is 0 Å². The molecule has 1 aliphatic rings. The average molecular weight is 215 g/mol. The summed E-state index contributed by atoms with van der Waals surface area (Å²) in [6, 6.07) is 0. The van der Waals surface area contributed by atoms with Crippen LogP contribution < -0.4 is 0 Å². The number of amides is 1. The van der Waals surface area contributed by atoms with Crippen molar-refractivity contribution in [2.24, 2.45) is 0 Å². The summed E-state index contributed by atoms with van der Waals surface area (Å²) in [4.78, 5) is 13.5. The Bertz CT molecular complexity index is 194. The number of hydrogen-bond acceptors (Lipinski definition) is 3. The second-order valence-electron chi connectivity index (χ2n) is 3.70. The fraction of sp³-hybridized carbons (Fsp3) is 0.909. The number of carbonyl (C=O) groups excluding carboxylic acids is 1. The third kappa shape index (κ3) is 4.18. The molecule has 1 aliphatic heterocycles. The Kier molecular flexibility index (Phi) is 5.65. The molecule has 1 unspecified atom stereocenters. The van der Waals surface area contributed by atoms with Crippen LogP contribution in [-0.4, -0.2) is 49.8 Å². The van der Waals surface area contributed by atoms with Crippen LogP contribution in [0.5, 0.6) is 0 Å². The van der Waals surface area contributed by atoms with Gasteiger partial charge in [-0.3, -0.25) is 4.79 Å². The van der Waals surface area contributed by atoms with Gasteiger partial charge in [-0.2, -0.15) is 0 Å². The van der Waals surface area contributed by atoms with Gasteiger partial charge in [0.15, 0.2) is 0 Å². The molecule has 1 heterocycles. The van der Waals surface area contributed by atoms with Crippen LogP contribution in [0, 0.1) is 0 Å². The van der Waals surface area contributed by atoms with Crippen molar-refractivity contribution in [3.63, 3.8) is 0 Å². The number of hydrogen-bond donors (Lipinski definition) is 0. The minimum Gasteiger partial charge on any atom is -0.377 e. The zero-order valence-corrected chi connectivity index (χ0v) is 9.70. The van der Waals surface area contributed by atoms with Crippen LogP contribution in [0.25, 0.3) is 0 Å². The maximum absolute atomic E-state index is 11.7. The van der Waals surface area contributed by atoms with Crippen molar-refractivity contribution < 1.29 is 14.3 Å². The van der Waals surface area contributed by atoms with E-state index in [1.54, 1.807) is 0 Å². The van der Waals surface area contributed by atoms with Gasteiger partial charge in [0.05, 0.1) is 6.10 Å². The molecule has 0 saturated carbocycles. The number of rotatable bonds is 5. The summed E-state index contributed by atoms with van der Waals surface area (Å²) >= 11 is 0. The van der Waals surface area contributed by atoms with Gasteiger partial charge in [-0.05, 0) is 26.7 Å². The number of ether oxygens (including phenoxy) is 2. The molecule has 1 rings (SSSR count). The summed E-state index contributed by atoms with van der Waals surface area (Å²) in [5, 5.41) is 0. The molecule has 1 amide bonds. The fourth-order valence-electron chi connectivity index (χ4n) is 1.82. The van der Waals surface area contributed by atoms with Crippen molar-refractivity contribution in [1.29, 1.82) is 0 Å². The SMILES string of the molecule is CCOCC(=O)N1CCCC(OCC)C1. The molecule has 0 aromatic rings. The van der Waals surface area contributed by atoms with Crippen molar-refractivity contribution in [2.45, 2.75) is 32.8 Å². The molecule has 0 aromatic carbocycles. The first kappa shape index (κ1) is 12.5. The van der Waals surface area contributed by atoms with Crippen LogP contribution in [0.2, 0.25) is 0 Å². The lowest BCUT2D eigenvalue weighted by molar-refractivity contribution is -0.140. The summed E-state index contributed by atoms with van der Waals surface area (Å²) in [6.07, 6.45) is 2.31. The Balaban J connectivity index is 2.31. The van der Waals surface area contributed by atoms with E-state index in [-0.39, 0.29) is 18.6 Å². The topological polar surface area (TPSA) is 38.8 Å². The van der Waals surface area contributed by atoms with E-state index < -0.39 is 0 Å². The van der Waals surface area contributed by atoms with Crippen LogP contribution in [0.4, 0.5) is 0 Å². The van der Waals surface area contributed by atoms with E-state index in [1.807, 2.05) is 18.7 Å². The number of likely N-dealkylation sites (tertiary alicyclic amines) is 1. The van der Waals surface area contributed by atoms with E-state index in [0.29, 0.717) is 6.61 Å². The zero-order valence-electron chi connectivity index (χ0n) is 9.70. The second-order valence-corrected chi connectivity index (χ2v) is 3.70. The number of piperidine rings is 1. The van der Waals surface area contributed by atoms with Crippen LogP contribution in [-0.2, 0) is 14.3 Å². The Morgan fingerprint density at radius 1 is 1.40 bits per heavy atom. The van der Waals surface area contributed by atoms with Crippen molar-refractivity contribution in [2.75, 3.05) is 32.9 Å². The highest BCUT2D eigenvalue weighted by Gasteiger charge is 2.23. The van der Waals surface area contributed by atoms with Crippen LogP contribution in [0.3, 0.4) is 0 Å². The molecule has 1 fully saturated rings. The first-order valence-electron chi connectivity index (χ1n) is 5.75. The van der Waals surface area contributed by atoms with Gasteiger partial charge in [-0.1, -0.05) is 0 Å². The van der Waals surface area contributed by atoms with Crippen LogP contribution in [0.15, 0.2) is 0 Å². The minimum absolute atomic E-state index is 0.0845. The molecule has 0 N–H and O–H groups in total. The molecule has 0 bridgehead atoms. The van der Waals surface area contributed by atoms with Crippen LogP contribution >= 0.6 is 0 Å². The van der Waals surface area contributed by atoms with Gasteiger partial charge in [0.2, 0.25) is 5.91 Å². The maximum atomic E-state index is 11.7. The van der Waals surface area contributed by atoms with Gasteiger partial charge in [-0.25, -0.2) is 0 Å². The van der Waals surface area contributed by atoms with Gasteiger partial charge in [0.25, 0.3) is 0 Å². The largest absolute Gasteiger partial charge is 0.377 e. The summed E-state index contributed by atoms with van der Waals surface area (Å²) < 4.78 is 10.6. The van der Waals surface area contributed by atoms with Crippen molar-refractivity contribution in [3.05, 3.63) is 0 Å². The average Bonchev–Trinajstić information content (AvgIpc) is 2.27. The first-order valence-corrected chi connectivity index (χ1v) is 5.75. The van der Waals surface area contributed by atoms with Crippen molar-refractivity contribution in [1.82, 2.24) is 4.90 Å². The smallest absolute Gasteiger partial charge is 0.248 e. The standard InChI is InChI=1S/C11H21NO3/c1-3-14-9-11(13)12-7-5-6-10(8-12)15-4-2/h10H,3-9H2,1-2H3. The molecule has 4 heteroatoms. The normalized spacial score (nSPS) is 21.7. The highest BCUT2D eigenvalue weighted by molar-refractivity contribution is 5.77. The van der Waals surface area contributed by atoms with Crippen molar-refractivity contribution >= 4 is 5.91 Å². The Morgan fingerprint density at radius 3 is 2.87 bits per heavy atom. The van der Waals surface area contributed by atoms with Crippen molar-refractivity contribution in [3.8, 4) is 0 Å². The lowest BCUT2D eigenvalue weighted by Crippen LogP contribution is -2.44. The summed E-state index contributed by atoms with van der Waals surface area (Å²) in [6.45, 7) is 6.96. The molecule has 15 heavy (non-hydrogen) atoms. The van der Waals surface area contributed by atoms with E-state index in [4.69, 9.17) is 9.47 Å². The van der Waals surface area contributed by atoms with Crippen LogP contribution in [0.1, 0.15) is 26.7 Å². The highest BCUT2D eigenvalue weighted by Crippen LogP contribution is 2.13. The third-order valence-corrected chi connectivity index (χ3v) is 2.56. The molecule has 4 nitrogen and oxygen atoms in total. The second kappa shape index (κ2) is 6.80. The molecule has 0 radical (unpaired) electrons. The first-order chi connectivity index (χ1) is 7.27. The van der Waals surface area contributed by atoms with E-state index in [0.717, 1.165) is 32.5 Å². The monoisotopic (exact) mass is 215 g/mol. The molecule has 0 aliphatic carbocycles.